The molecule has 2 aromatic rings. The van der Waals surface area contributed by atoms with E-state index in [1.807, 2.05) is 6.92 Å². The van der Waals surface area contributed by atoms with Crippen LogP contribution in [0.15, 0.2) is 24.3 Å². The topological polar surface area (TPSA) is 87.9 Å². The van der Waals surface area contributed by atoms with Crippen molar-refractivity contribution in [3.05, 3.63) is 40.7 Å². The number of carbonyl (C=O) groups excluding carboxylic acids is 1. The smallest absolute Gasteiger partial charge is 0.223 e. The zero-order chi connectivity index (χ0) is 26.2. The average molecular weight is 532 g/mol. The largest absolute Gasteiger partial charge is 0.392 e. The van der Waals surface area contributed by atoms with Gasteiger partial charge in [-0.25, -0.2) is 9.37 Å². The van der Waals surface area contributed by atoms with E-state index in [9.17, 15) is 14.3 Å². The van der Waals surface area contributed by atoms with Crippen LogP contribution in [-0.2, 0) is 16.0 Å². The van der Waals surface area contributed by atoms with Crippen molar-refractivity contribution >= 4 is 28.1 Å². The Morgan fingerprint density at radius 3 is 2.78 bits per heavy atom. The van der Waals surface area contributed by atoms with Gasteiger partial charge in [-0.3, -0.25) is 4.79 Å². The van der Waals surface area contributed by atoms with Crippen molar-refractivity contribution in [2.24, 2.45) is 23.2 Å². The van der Waals surface area contributed by atoms with Crippen LogP contribution in [-0.4, -0.2) is 61.5 Å². The van der Waals surface area contributed by atoms with Gasteiger partial charge in [0.2, 0.25) is 5.91 Å². The molecule has 3 aliphatic rings. The number of halogens is 1. The lowest BCUT2D eigenvalue weighted by molar-refractivity contribution is -0.906. The van der Waals surface area contributed by atoms with E-state index in [-0.39, 0.29) is 40.8 Å². The van der Waals surface area contributed by atoms with Crippen molar-refractivity contribution in [1.82, 2.24) is 10.3 Å². The standard InChI is InChI=1S/C28H39FN4O3S/c1-17(26(35)30-10-11-33-12-14-36-15-13-33)21-8-9-28(3)16-22-24(18(2)23(28)25(21)34)32-27(37-22)31-20-6-4-19(29)5-7-20/h4-7,17-18,21,23,25,34H,8-16H2,1-3H3,(H,30,35)(H,31,32)/p+1/t17-,18-,21+,23+,25-,28-/m0/s1. The highest BCUT2D eigenvalue weighted by Crippen LogP contribution is 2.57. The van der Waals surface area contributed by atoms with Gasteiger partial charge in [0.05, 0.1) is 38.1 Å². The van der Waals surface area contributed by atoms with Crippen LogP contribution in [0.3, 0.4) is 0 Å². The summed E-state index contributed by atoms with van der Waals surface area (Å²) in [5.41, 5.74) is 1.82. The van der Waals surface area contributed by atoms with E-state index in [2.05, 4.69) is 24.5 Å². The van der Waals surface area contributed by atoms with Crippen LogP contribution in [0.1, 0.15) is 50.1 Å². The molecule has 37 heavy (non-hydrogen) atoms. The minimum absolute atomic E-state index is 0.0299. The van der Waals surface area contributed by atoms with Gasteiger partial charge < -0.3 is 25.4 Å². The summed E-state index contributed by atoms with van der Waals surface area (Å²) >= 11 is 1.65. The number of fused-ring (bicyclic) bond motifs is 2. The number of aromatic nitrogens is 1. The average Bonchev–Trinajstić information content (AvgIpc) is 3.27. The lowest BCUT2D eigenvalue weighted by Gasteiger charge is -2.53. The molecule has 2 fully saturated rings. The number of hydrogen-bond donors (Lipinski definition) is 4. The fraction of sp³-hybridized carbons (Fsp3) is 0.643. The van der Waals surface area contributed by atoms with Gasteiger partial charge in [0.15, 0.2) is 5.13 Å². The fourth-order valence-electron chi connectivity index (χ4n) is 6.88. The molecule has 202 valence electrons. The molecule has 6 atom stereocenters. The van der Waals surface area contributed by atoms with Crippen LogP contribution >= 0.6 is 11.3 Å². The molecule has 0 spiro atoms. The van der Waals surface area contributed by atoms with Crippen molar-refractivity contribution in [1.29, 1.82) is 0 Å². The number of nitrogens with one attached hydrogen (secondary N) is 3. The van der Waals surface area contributed by atoms with Crippen LogP contribution in [0.5, 0.6) is 0 Å². The summed E-state index contributed by atoms with van der Waals surface area (Å²) in [6.45, 7) is 11.6. The lowest BCUT2D eigenvalue weighted by Crippen LogP contribution is -3.14. The van der Waals surface area contributed by atoms with Gasteiger partial charge in [0, 0.05) is 22.4 Å². The van der Waals surface area contributed by atoms with Gasteiger partial charge in [0.1, 0.15) is 18.9 Å². The highest BCUT2D eigenvalue weighted by Gasteiger charge is 2.53. The molecule has 1 aromatic heterocycles. The first-order valence-electron chi connectivity index (χ1n) is 13.6. The number of amides is 1. The molecule has 1 aromatic carbocycles. The highest BCUT2D eigenvalue weighted by molar-refractivity contribution is 7.15. The van der Waals surface area contributed by atoms with Crippen molar-refractivity contribution in [3.63, 3.8) is 0 Å². The Bertz CT molecular complexity index is 1090. The number of hydrogen-bond acceptors (Lipinski definition) is 6. The molecule has 7 nitrogen and oxygen atoms in total. The molecule has 0 unspecified atom stereocenters. The first kappa shape index (κ1) is 26.5. The highest BCUT2D eigenvalue weighted by atomic mass is 32.1. The van der Waals surface area contributed by atoms with Crippen molar-refractivity contribution in [2.45, 2.75) is 52.1 Å². The maximum Gasteiger partial charge on any atom is 0.223 e. The summed E-state index contributed by atoms with van der Waals surface area (Å²) in [7, 11) is 0. The molecule has 0 radical (unpaired) electrons. The summed E-state index contributed by atoms with van der Waals surface area (Å²) in [6, 6.07) is 6.30. The van der Waals surface area contributed by atoms with E-state index in [0.29, 0.717) is 6.54 Å². The molecular formula is C28H40FN4O3S+. The summed E-state index contributed by atoms with van der Waals surface area (Å²) in [5, 5.41) is 18.9. The van der Waals surface area contributed by atoms with Crippen LogP contribution in [0.4, 0.5) is 15.2 Å². The first-order chi connectivity index (χ1) is 17.7. The molecular weight excluding hydrogens is 491 g/mol. The Balaban J connectivity index is 1.24. The second kappa shape index (κ2) is 11.0. The normalized spacial score (nSPS) is 30.7. The van der Waals surface area contributed by atoms with Crippen LogP contribution in [0.25, 0.3) is 0 Å². The van der Waals surface area contributed by atoms with E-state index >= 15 is 0 Å². The maximum atomic E-state index is 13.3. The molecule has 2 aliphatic carbocycles. The monoisotopic (exact) mass is 531 g/mol. The fourth-order valence-corrected chi connectivity index (χ4v) is 8.17. The van der Waals surface area contributed by atoms with Crippen LogP contribution < -0.4 is 15.5 Å². The van der Waals surface area contributed by atoms with E-state index in [1.165, 1.54) is 21.9 Å². The van der Waals surface area contributed by atoms with Crippen LogP contribution in [0, 0.1) is 29.0 Å². The summed E-state index contributed by atoms with van der Waals surface area (Å²) in [4.78, 5) is 20.7. The summed E-state index contributed by atoms with van der Waals surface area (Å²) in [5.74, 6) is -0.380. The number of morpholine rings is 1. The quantitative estimate of drug-likeness (QED) is 0.442. The minimum atomic E-state index is -0.553. The maximum absolute atomic E-state index is 13.3. The number of quaternary nitrogens is 1. The number of ether oxygens (including phenoxy) is 1. The first-order valence-corrected chi connectivity index (χ1v) is 14.5. The summed E-state index contributed by atoms with van der Waals surface area (Å²) < 4.78 is 18.7. The molecule has 2 heterocycles. The number of rotatable bonds is 7. The lowest BCUT2D eigenvalue weighted by atomic mass is 9.53. The minimum Gasteiger partial charge on any atom is -0.392 e. The summed E-state index contributed by atoms with van der Waals surface area (Å²) in [6.07, 6.45) is 2.16. The number of aliphatic hydroxyl groups is 1. The molecule has 9 heteroatoms. The third kappa shape index (κ3) is 5.55. The van der Waals surface area contributed by atoms with Crippen molar-refractivity contribution < 1.29 is 23.9 Å². The van der Waals surface area contributed by atoms with Crippen molar-refractivity contribution in [3.8, 4) is 0 Å². The van der Waals surface area contributed by atoms with Gasteiger partial charge in [-0.05, 0) is 60.8 Å². The Kier molecular flexibility index (Phi) is 7.86. The van der Waals surface area contributed by atoms with E-state index in [0.717, 1.165) is 68.6 Å². The molecule has 1 amide bonds. The second-order valence-electron chi connectivity index (χ2n) is 11.5. The van der Waals surface area contributed by atoms with Gasteiger partial charge in [0.25, 0.3) is 0 Å². The van der Waals surface area contributed by atoms with Gasteiger partial charge >= 0.3 is 0 Å². The molecule has 4 N–H and O–H groups in total. The van der Waals surface area contributed by atoms with Gasteiger partial charge in [-0.2, -0.15) is 0 Å². The zero-order valence-corrected chi connectivity index (χ0v) is 22.9. The number of nitrogens with zero attached hydrogens (tertiary/aromatic N) is 1. The number of thiazole rings is 1. The van der Waals surface area contributed by atoms with E-state index in [4.69, 9.17) is 9.72 Å². The molecule has 1 aliphatic heterocycles. The predicted molar refractivity (Wildman–Crippen MR) is 143 cm³/mol. The number of carbonyl (C=O) groups is 1. The predicted octanol–water partition coefficient (Wildman–Crippen LogP) is 2.75. The number of aliphatic hydroxyl groups excluding tert-OH is 1. The van der Waals surface area contributed by atoms with E-state index in [1.54, 1.807) is 23.5 Å². The van der Waals surface area contributed by atoms with Crippen molar-refractivity contribution in [2.75, 3.05) is 44.7 Å². The SMILES string of the molecule is C[C@H](C(=O)NCC[NH+]1CCOCC1)[C@H]1CC[C@@]2(C)Cc3sc(Nc4ccc(F)cc4)nc3[C@@H](C)[C@@H]2[C@H]1O. The Labute approximate surface area is 222 Å². The molecule has 0 bridgehead atoms. The van der Waals surface area contributed by atoms with Gasteiger partial charge in [-0.15, -0.1) is 11.3 Å². The molecule has 1 saturated carbocycles. The Morgan fingerprint density at radius 1 is 1.32 bits per heavy atom. The number of benzene rings is 1. The molecule has 1 saturated heterocycles. The van der Waals surface area contributed by atoms with E-state index < -0.39 is 6.10 Å². The third-order valence-corrected chi connectivity index (χ3v) is 10.0. The van der Waals surface area contributed by atoms with Gasteiger partial charge in [-0.1, -0.05) is 20.8 Å². The number of anilines is 2. The zero-order valence-electron chi connectivity index (χ0n) is 22.1. The Morgan fingerprint density at radius 2 is 2.05 bits per heavy atom. The molecule has 5 rings (SSSR count). The second-order valence-corrected chi connectivity index (χ2v) is 12.6. The van der Waals surface area contributed by atoms with Crippen LogP contribution in [0.2, 0.25) is 0 Å². The Hall–Kier alpha value is -2.07. The third-order valence-electron chi connectivity index (χ3n) is 9.05.